The lowest BCUT2D eigenvalue weighted by Gasteiger charge is -2.08. The predicted octanol–water partition coefficient (Wildman–Crippen LogP) is 6.55. The molecule has 0 saturated carbocycles. The van der Waals surface area contributed by atoms with Gasteiger partial charge in [0.05, 0.1) is 11.0 Å². The van der Waals surface area contributed by atoms with E-state index in [0.717, 1.165) is 5.70 Å². The summed E-state index contributed by atoms with van der Waals surface area (Å²) in [7, 11) is 0. The molecule has 1 nitrogen and oxygen atoms in total. The number of hydrogen-bond donors (Lipinski definition) is 0. The fraction of sp³-hybridized carbons (Fsp3) is 0.0435. The van der Waals surface area contributed by atoms with Crippen molar-refractivity contribution in [3.05, 3.63) is 91.5 Å². The third-order valence-electron chi connectivity index (χ3n) is 4.52. The van der Waals surface area contributed by atoms with Crippen molar-refractivity contribution in [1.29, 1.82) is 0 Å². The summed E-state index contributed by atoms with van der Waals surface area (Å²) in [6.45, 7) is 5.86. The van der Waals surface area contributed by atoms with Crippen molar-refractivity contribution in [2.24, 2.45) is 0 Å². The van der Waals surface area contributed by atoms with Gasteiger partial charge in [-0.05, 0) is 35.9 Å². The van der Waals surface area contributed by atoms with Gasteiger partial charge in [-0.25, -0.2) is 0 Å². The molecule has 0 aliphatic rings. The van der Waals surface area contributed by atoms with Crippen LogP contribution in [0, 0.1) is 0 Å². The van der Waals surface area contributed by atoms with Gasteiger partial charge < -0.3 is 4.57 Å². The number of fused-ring (bicyclic) bond motifs is 5. The van der Waals surface area contributed by atoms with E-state index in [1.165, 1.54) is 32.6 Å². The van der Waals surface area contributed by atoms with E-state index in [1.54, 1.807) is 0 Å². The van der Waals surface area contributed by atoms with Crippen LogP contribution in [0.1, 0.15) is 6.92 Å². The molecular weight excluding hydrogens is 290 g/mol. The van der Waals surface area contributed by atoms with Crippen molar-refractivity contribution in [3.63, 3.8) is 0 Å². The van der Waals surface area contributed by atoms with Gasteiger partial charge in [0, 0.05) is 16.5 Å². The average molecular weight is 309 g/mol. The number of benzene rings is 3. The third kappa shape index (κ3) is 2.10. The number of para-hydroxylation sites is 1. The maximum atomic E-state index is 3.79. The SMILES string of the molecule is C=C/C=C\C(=C/C)n1c2ccccc2c2c3ccccc3ccc21. The van der Waals surface area contributed by atoms with Crippen molar-refractivity contribution in [2.75, 3.05) is 0 Å². The fourth-order valence-corrected chi connectivity index (χ4v) is 3.48. The number of hydrogen-bond acceptors (Lipinski definition) is 0. The number of nitrogens with zero attached hydrogens (tertiary/aromatic N) is 1. The Kier molecular flexibility index (Phi) is 3.55. The van der Waals surface area contributed by atoms with E-state index < -0.39 is 0 Å². The maximum Gasteiger partial charge on any atom is 0.0547 e. The van der Waals surface area contributed by atoms with Gasteiger partial charge >= 0.3 is 0 Å². The second-order valence-electron chi connectivity index (χ2n) is 5.84. The molecule has 0 radical (unpaired) electrons. The van der Waals surface area contributed by atoms with Crippen LogP contribution in [0.25, 0.3) is 38.3 Å². The van der Waals surface area contributed by atoms with Gasteiger partial charge in [0.2, 0.25) is 0 Å². The van der Waals surface area contributed by atoms with Gasteiger partial charge in [0.25, 0.3) is 0 Å². The van der Waals surface area contributed by atoms with E-state index in [0.29, 0.717) is 0 Å². The summed E-state index contributed by atoms with van der Waals surface area (Å²) in [5, 5.41) is 5.18. The molecule has 1 heterocycles. The van der Waals surface area contributed by atoms with Crippen LogP contribution in [-0.4, -0.2) is 4.57 Å². The molecule has 1 aromatic heterocycles. The molecule has 4 rings (SSSR count). The molecule has 0 N–H and O–H groups in total. The third-order valence-corrected chi connectivity index (χ3v) is 4.52. The molecule has 0 saturated heterocycles. The molecule has 0 fully saturated rings. The Balaban J connectivity index is 2.22. The van der Waals surface area contributed by atoms with E-state index >= 15 is 0 Å². The van der Waals surface area contributed by atoms with E-state index in [1.807, 2.05) is 12.2 Å². The molecule has 3 aromatic carbocycles. The summed E-state index contributed by atoms with van der Waals surface area (Å²) in [5.41, 5.74) is 3.61. The Morgan fingerprint density at radius 2 is 1.62 bits per heavy atom. The largest absolute Gasteiger partial charge is 0.310 e. The highest BCUT2D eigenvalue weighted by Crippen LogP contribution is 2.36. The van der Waals surface area contributed by atoms with Gasteiger partial charge in [-0.1, -0.05) is 73.3 Å². The van der Waals surface area contributed by atoms with Crippen LogP contribution in [0.3, 0.4) is 0 Å². The molecule has 0 unspecified atom stereocenters. The summed E-state index contributed by atoms with van der Waals surface area (Å²) in [4.78, 5) is 0. The maximum absolute atomic E-state index is 3.79. The van der Waals surface area contributed by atoms with Crippen molar-refractivity contribution in [1.82, 2.24) is 4.57 Å². The van der Waals surface area contributed by atoms with E-state index in [2.05, 4.69) is 90.9 Å². The molecule has 1 heteroatoms. The first-order valence-corrected chi connectivity index (χ1v) is 8.22. The van der Waals surface area contributed by atoms with Crippen molar-refractivity contribution in [3.8, 4) is 0 Å². The standard InChI is InChI=1S/C23H19N/c1-3-5-11-18(4-2)24-21-14-9-8-13-20(21)23-19-12-7-6-10-17(19)15-16-22(23)24/h3-16H,1H2,2H3/b11-5-,18-4+. The van der Waals surface area contributed by atoms with Crippen molar-refractivity contribution in [2.45, 2.75) is 6.92 Å². The molecule has 0 bridgehead atoms. The van der Waals surface area contributed by atoms with E-state index in [4.69, 9.17) is 0 Å². The van der Waals surface area contributed by atoms with Crippen LogP contribution < -0.4 is 0 Å². The minimum absolute atomic E-state index is 1.15. The van der Waals surface area contributed by atoms with Crippen LogP contribution in [0.15, 0.2) is 91.5 Å². The first kappa shape index (κ1) is 14.5. The van der Waals surface area contributed by atoms with Crippen molar-refractivity contribution < 1.29 is 0 Å². The molecule has 0 aliphatic carbocycles. The van der Waals surface area contributed by atoms with Gasteiger partial charge in [-0.15, -0.1) is 0 Å². The van der Waals surface area contributed by atoms with Crippen molar-refractivity contribution >= 4 is 38.3 Å². The first-order valence-electron chi connectivity index (χ1n) is 8.22. The smallest absolute Gasteiger partial charge is 0.0547 e. The zero-order chi connectivity index (χ0) is 16.5. The Bertz CT molecular complexity index is 1120. The lowest BCUT2D eigenvalue weighted by atomic mass is 10.0. The first-order chi connectivity index (χ1) is 11.8. The Morgan fingerprint density at radius 3 is 2.42 bits per heavy atom. The molecule has 116 valence electrons. The molecule has 0 amide bonds. The number of rotatable bonds is 3. The van der Waals surface area contributed by atoms with Gasteiger partial charge in [-0.3, -0.25) is 0 Å². The minimum atomic E-state index is 1.15. The Labute approximate surface area is 141 Å². The summed E-state index contributed by atoms with van der Waals surface area (Å²) < 4.78 is 2.33. The molecule has 0 spiro atoms. The fourth-order valence-electron chi connectivity index (χ4n) is 3.48. The summed E-state index contributed by atoms with van der Waals surface area (Å²) in [6.07, 6.45) is 8.04. The second-order valence-corrected chi connectivity index (χ2v) is 5.84. The van der Waals surface area contributed by atoms with Gasteiger partial charge in [0.15, 0.2) is 0 Å². The predicted molar refractivity (Wildman–Crippen MR) is 106 cm³/mol. The monoisotopic (exact) mass is 309 g/mol. The summed E-state index contributed by atoms with van der Waals surface area (Å²) in [6, 6.07) is 21.6. The topological polar surface area (TPSA) is 4.93 Å². The molecule has 0 aliphatic heterocycles. The Hall–Kier alpha value is -3.06. The lowest BCUT2D eigenvalue weighted by Crippen LogP contribution is -1.94. The molecule has 4 aromatic rings. The zero-order valence-electron chi connectivity index (χ0n) is 13.7. The van der Waals surface area contributed by atoms with Crippen LogP contribution in [-0.2, 0) is 0 Å². The average Bonchev–Trinajstić information content (AvgIpc) is 2.98. The summed E-state index contributed by atoms with van der Waals surface area (Å²) >= 11 is 0. The van der Waals surface area contributed by atoms with Crippen LogP contribution in [0.2, 0.25) is 0 Å². The van der Waals surface area contributed by atoms with E-state index in [9.17, 15) is 0 Å². The van der Waals surface area contributed by atoms with Crippen LogP contribution in [0.5, 0.6) is 0 Å². The molecule has 24 heavy (non-hydrogen) atoms. The van der Waals surface area contributed by atoms with Crippen LogP contribution >= 0.6 is 0 Å². The quantitative estimate of drug-likeness (QED) is 0.378. The molecule has 0 atom stereocenters. The van der Waals surface area contributed by atoms with E-state index in [-0.39, 0.29) is 0 Å². The highest BCUT2D eigenvalue weighted by atomic mass is 15.0. The van der Waals surface area contributed by atoms with Gasteiger partial charge in [-0.2, -0.15) is 0 Å². The number of aromatic nitrogens is 1. The molecular formula is C23H19N. The number of allylic oxidation sites excluding steroid dienone is 5. The zero-order valence-corrected chi connectivity index (χ0v) is 13.7. The lowest BCUT2D eigenvalue weighted by molar-refractivity contribution is 1.23. The minimum Gasteiger partial charge on any atom is -0.310 e. The normalized spacial score (nSPS) is 12.6. The van der Waals surface area contributed by atoms with Crippen LogP contribution in [0.4, 0.5) is 0 Å². The van der Waals surface area contributed by atoms with Gasteiger partial charge in [0.1, 0.15) is 0 Å². The Morgan fingerprint density at radius 1 is 0.875 bits per heavy atom. The summed E-state index contributed by atoms with van der Waals surface area (Å²) in [5.74, 6) is 0. The second kappa shape index (κ2) is 5.86. The highest BCUT2D eigenvalue weighted by Gasteiger charge is 2.13. The highest BCUT2D eigenvalue weighted by molar-refractivity contribution is 6.21.